The van der Waals surface area contributed by atoms with Gasteiger partial charge >= 0.3 is 5.97 Å². The molecule has 1 N–H and O–H groups in total. The first-order valence-corrected chi connectivity index (χ1v) is 10.9. The largest absolute Gasteiger partial charge is 0.464 e. The topological polar surface area (TPSA) is 94.3 Å². The summed E-state index contributed by atoms with van der Waals surface area (Å²) in [5.74, 6) is 0.562. The van der Waals surface area contributed by atoms with Crippen LogP contribution in [0.3, 0.4) is 0 Å². The SMILES string of the molecule is Cc1ccc(CCC(=O)NCCOC(=O)CCCc2nc(-c3ccc(Cl)cc3)no2)cc1. The van der Waals surface area contributed by atoms with Crippen LogP contribution in [0.5, 0.6) is 0 Å². The van der Waals surface area contributed by atoms with Gasteiger partial charge in [0, 0.05) is 29.8 Å². The maximum atomic E-state index is 11.9. The molecule has 32 heavy (non-hydrogen) atoms. The van der Waals surface area contributed by atoms with E-state index in [-0.39, 0.29) is 24.9 Å². The van der Waals surface area contributed by atoms with E-state index in [0.717, 1.165) is 11.1 Å². The van der Waals surface area contributed by atoms with E-state index < -0.39 is 0 Å². The maximum Gasteiger partial charge on any atom is 0.305 e. The monoisotopic (exact) mass is 455 g/mol. The van der Waals surface area contributed by atoms with Gasteiger partial charge in [-0.3, -0.25) is 9.59 Å². The van der Waals surface area contributed by atoms with Crippen LogP contribution in [0.1, 0.15) is 36.3 Å². The molecule has 0 aliphatic rings. The Balaban J connectivity index is 1.26. The molecular weight excluding hydrogens is 430 g/mol. The molecule has 0 radical (unpaired) electrons. The minimum atomic E-state index is -0.323. The average Bonchev–Trinajstić information content (AvgIpc) is 3.26. The summed E-state index contributed by atoms with van der Waals surface area (Å²) >= 11 is 5.88. The van der Waals surface area contributed by atoms with E-state index in [1.165, 1.54) is 5.56 Å². The zero-order valence-corrected chi connectivity index (χ0v) is 18.7. The van der Waals surface area contributed by atoms with Crippen LogP contribution >= 0.6 is 11.6 Å². The Morgan fingerprint density at radius 1 is 1.03 bits per heavy atom. The second-order valence-corrected chi connectivity index (χ2v) is 7.86. The molecule has 0 saturated heterocycles. The summed E-state index contributed by atoms with van der Waals surface area (Å²) in [6, 6.07) is 15.3. The standard InChI is InChI=1S/C24H26ClN3O4/c1-17-5-7-18(8-6-17)9-14-21(29)26-15-16-31-23(30)4-2-3-22-27-24(28-32-22)19-10-12-20(25)13-11-19/h5-8,10-13H,2-4,9,14-16H2,1H3,(H,26,29). The molecule has 1 amide bonds. The van der Waals surface area contributed by atoms with Crippen molar-refractivity contribution in [2.45, 2.75) is 39.0 Å². The minimum Gasteiger partial charge on any atom is -0.464 e. The summed E-state index contributed by atoms with van der Waals surface area (Å²) < 4.78 is 10.4. The summed E-state index contributed by atoms with van der Waals surface area (Å²) in [6.07, 6.45) is 2.33. The molecule has 3 aromatic rings. The number of nitrogens with zero attached hydrogens (tertiary/aromatic N) is 2. The first-order chi connectivity index (χ1) is 15.5. The number of carbonyl (C=O) groups is 2. The number of hydrogen-bond donors (Lipinski definition) is 1. The van der Waals surface area contributed by atoms with Gasteiger partial charge in [0.05, 0.1) is 6.54 Å². The molecule has 168 valence electrons. The fourth-order valence-electron chi connectivity index (χ4n) is 2.99. The Kier molecular flexibility index (Phi) is 8.80. The number of carbonyl (C=O) groups excluding carboxylic acids is 2. The number of ether oxygens (including phenoxy) is 1. The van der Waals surface area contributed by atoms with E-state index in [1.54, 1.807) is 12.1 Å². The number of hydrogen-bond acceptors (Lipinski definition) is 6. The number of rotatable bonds is 11. The zero-order valence-electron chi connectivity index (χ0n) is 18.0. The highest BCUT2D eigenvalue weighted by Crippen LogP contribution is 2.19. The fourth-order valence-corrected chi connectivity index (χ4v) is 3.11. The van der Waals surface area contributed by atoms with Crippen molar-refractivity contribution >= 4 is 23.5 Å². The van der Waals surface area contributed by atoms with Crippen molar-refractivity contribution in [2.24, 2.45) is 0 Å². The van der Waals surface area contributed by atoms with Gasteiger partial charge in [0.1, 0.15) is 6.61 Å². The van der Waals surface area contributed by atoms with Gasteiger partial charge < -0.3 is 14.6 Å². The van der Waals surface area contributed by atoms with Gasteiger partial charge in [0.2, 0.25) is 17.6 Å². The predicted molar refractivity (Wildman–Crippen MR) is 121 cm³/mol. The summed E-state index contributed by atoms with van der Waals surface area (Å²) in [7, 11) is 0. The van der Waals surface area contributed by atoms with Crippen molar-refractivity contribution in [2.75, 3.05) is 13.2 Å². The van der Waals surface area contributed by atoms with Gasteiger partial charge in [0.15, 0.2) is 0 Å². The van der Waals surface area contributed by atoms with E-state index in [4.69, 9.17) is 20.9 Å². The quantitative estimate of drug-likeness (QED) is 0.342. The van der Waals surface area contributed by atoms with Crippen LogP contribution in [0.15, 0.2) is 53.1 Å². The van der Waals surface area contributed by atoms with E-state index in [0.29, 0.717) is 49.0 Å². The first kappa shape index (κ1) is 23.5. The van der Waals surface area contributed by atoms with Crippen LogP contribution in [0.2, 0.25) is 5.02 Å². The summed E-state index contributed by atoms with van der Waals surface area (Å²) in [6.45, 7) is 2.48. The molecule has 0 spiro atoms. The highest BCUT2D eigenvalue weighted by atomic mass is 35.5. The van der Waals surface area contributed by atoms with Crippen LogP contribution < -0.4 is 5.32 Å². The van der Waals surface area contributed by atoms with Crippen molar-refractivity contribution in [1.29, 1.82) is 0 Å². The van der Waals surface area contributed by atoms with Crippen molar-refractivity contribution in [3.8, 4) is 11.4 Å². The van der Waals surface area contributed by atoms with Crippen LogP contribution in [-0.2, 0) is 27.2 Å². The van der Waals surface area contributed by atoms with Gasteiger partial charge in [-0.15, -0.1) is 0 Å². The van der Waals surface area contributed by atoms with E-state index >= 15 is 0 Å². The number of benzene rings is 2. The lowest BCUT2D eigenvalue weighted by Crippen LogP contribution is -2.28. The second-order valence-electron chi connectivity index (χ2n) is 7.43. The van der Waals surface area contributed by atoms with Gasteiger partial charge in [-0.25, -0.2) is 0 Å². The average molecular weight is 456 g/mol. The zero-order chi connectivity index (χ0) is 22.8. The molecule has 0 bridgehead atoms. The Labute approximate surface area is 192 Å². The Bertz CT molecular complexity index is 1020. The fraction of sp³-hybridized carbons (Fsp3) is 0.333. The second kappa shape index (κ2) is 12.0. The number of esters is 1. The number of nitrogens with one attached hydrogen (secondary N) is 1. The number of aromatic nitrogens is 2. The minimum absolute atomic E-state index is 0.0606. The lowest BCUT2D eigenvalue weighted by molar-refractivity contribution is -0.144. The highest BCUT2D eigenvalue weighted by molar-refractivity contribution is 6.30. The Morgan fingerprint density at radius 2 is 1.78 bits per heavy atom. The lowest BCUT2D eigenvalue weighted by atomic mass is 10.1. The van der Waals surface area contributed by atoms with Gasteiger partial charge in [-0.1, -0.05) is 46.6 Å². The van der Waals surface area contributed by atoms with Crippen LogP contribution in [0.25, 0.3) is 11.4 Å². The maximum absolute atomic E-state index is 11.9. The van der Waals surface area contributed by atoms with E-state index in [2.05, 4.69) is 15.5 Å². The number of halogens is 1. The molecule has 0 atom stereocenters. The molecule has 0 fully saturated rings. The third-order valence-corrected chi connectivity index (χ3v) is 5.04. The molecule has 0 aliphatic heterocycles. The van der Waals surface area contributed by atoms with Crippen molar-refractivity contribution in [1.82, 2.24) is 15.5 Å². The first-order valence-electron chi connectivity index (χ1n) is 10.6. The predicted octanol–water partition coefficient (Wildman–Crippen LogP) is 4.31. The molecule has 1 heterocycles. The highest BCUT2D eigenvalue weighted by Gasteiger charge is 2.10. The molecule has 7 nitrogen and oxygen atoms in total. The third-order valence-electron chi connectivity index (χ3n) is 4.79. The van der Waals surface area contributed by atoms with Crippen LogP contribution in [0, 0.1) is 6.92 Å². The number of amides is 1. The Morgan fingerprint density at radius 3 is 2.53 bits per heavy atom. The molecule has 0 aliphatic carbocycles. The van der Waals surface area contributed by atoms with E-state index in [9.17, 15) is 9.59 Å². The van der Waals surface area contributed by atoms with Crippen LogP contribution in [-0.4, -0.2) is 35.2 Å². The summed E-state index contributed by atoms with van der Waals surface area (Å²) in [4.78, 5) is 28.1. The molecule has 2 aromatic carbocycles. The third kappa shape index (κ3) is 7.81. The molecule has 0 unspecified atom stereocenters. The van der Waals surface area contributed by atoms with Gasteiger partial charge in [-0.05, 0) is 49.6 Å². The van der Waals surface area contributed by atoms with Crippen molar-refractivity contribution in [3.63, 3.8) is 0 Å². The van der Waals surface area contributed by atoms with E-state index in [1.807, 2.05) is 43.3 Å². The molecule has 0 saturated carbocycles. The molecule has 8 heteroatoms. The summed E-state index contributed by atoms with van der Waals surface area (Å²) in [5, 5.41) is 7.35. The smallest absolute Gasteiger partial charge is 0.305 e. The molecule has 1 aromatic heterocycles. The number of aryl methyl sites for hydroxylation is 3. The molecule has 3 rings (SSSR count). The lowest BCUT2D eigenvalue weighted by Gasteiger charge is -2.07. The Hall–Kier alpha value is -3.19. The van der Waals surface area contributed by atoms with Crippen LogP contribution in [0.4, 0.5) is 0 Å². The summed E-state index contributed by atoms with van der Waals surface area (Å²) in [5.41, 5.74) is 3.13. The van der Waals surface area contributed by atoms with Gasteiger partial charge in [-0.2, -0.15) is 4.98 Å². The normalized spacial score (nSPS) is 10.7. The van der Waals surface area contributed by atoms with Crippen molar-refractivity contribution in [3.05, 3.63) is 70.6 Å². The van der Waals surface area contributed by atoms with Gasteiger partial charge in [0.25, 0.3) is 0 Å². The van der Waals surface area contributed by atoms with Crippen molar-refractivity contribution < 1.29 is 18.8 Å². The molecular formula is C24H26ClN3O4.